The maximum absolute atomic E-state index is 12.1. The summed E-state index contributed by atoms with van der Waals surface area (Å²) in [6.07, 6.45) is 0.921. The van der Waals surface area contributed by atoms with Crippen molar-refractivity contribution in [2.75, 3.05) is 19.4 Å². The molecule has 1 unspecified atom stereocenters. The highest BCUT2D eigenvalue weighted by atomic mass is 32.2. The summed E-state index contributed by atoms with van der Waals surface area (Å²) < 4.78 is 5.28. The van der Waals surface area contributed by atoms with Crippen LogP contribution < -0.4 is 4.74 Å². The lowest BCUT2D eigenvalue weighted by molar-refractivity contribution is -0.128. The normalized spacial score (nSPS) is 18.2. The second-order valence-electron chi connectivity index (χ2n) is 4.86. The number of carbonyl (C=O) groups excluding carboxylic acids is 1. The van der Waals surface area contributed by atoms with Crippen molar-refractivity contribution in [3.05, 3.63) is 52.2 Å². The Hall–Kier alpha value is -1.46. The lowest BCUT2D eigenvalue weighted by Gasteiger charge is -2.24. The summed E-state index contributed by atoms with van der Waals surface area (Å²) >= 11 is 3.44. The van der Waals surface area contributed by atoms with Crippen LogP contribution in [-0.2, 0) is 11.2 Å². The van der Waals surface area contributed by atoms with Gasteiger partial charge in [0.1, 0.15) is 11.1 Å². The van der Waals surface area contributed by atoms with Crippen molar-refractivity contribution in [2.24, 2.45) is 0 Å². The van der Waals surface area contributed by atoms with Gasteiger partial charge in [0, 0.05) is 11.4 Å². The third kappa shape index (κ3) is 3.24. The van der Waals surface area contributed by atoms with Gasteiger partial charge in [-0.3, -0.25) is 4.79 Å². The molecule has 1 aromatic heterocycles. The van der Waals surface area contributed by atoms with Crippen LogP contribution in [0.25, 0.3) is 0 Å². The molecule has 1 aliphatic rings. The number of hydrogen-bond acceptors (Lipinski definition) is 4. The zero-order valence-corrected chi connectivity index (χ0v) is 13.5. The Bertz CT molecular complexity index is 612. The van der Waals surface area contributed by atoms with Gasteiger partial charge in [0.25, 0.3) is 0 Å². The second-order valence-corrected chi connectivity index (χ2v) is 6.96. The molecule has 21 heavy (non-hydrogen) atoms. The first-order valence-corrected chi connectivity index (χ1v) is 8.78. The van der Waals surface area contributed by atoms with Crippen LogP contribution in [0, 0.1) is 0 Å². The molecule has 1 atom stereocenters. The Morgan fingerprint density at radius 2 is 2.24 bits per heavy atom. The highest BCUT2D eigenvalue weighted by Gasteiger charge is 2.32. The van der Waals surface area contributed by atoms with Crippen molar-refractivity contribution in [1.82, 2.24) is 4.90 Å². The molecule has 1 amide bonds. The molecular weight excluding hydrogens is 302 g/mol. The number of carbonyl (C=O) groups is 1. The Morgan fingerprint density at radius 3 is 3.00 bits per heavy atom. The first-order valence-electron chi connectivity index (χ1n) is 6.85. The maximum Gasteiger partial charge on any atom is 0.233 e. The van der Waals surface area contributed by atoms with E-state index in [1.54, 1.807) is 30.2 Å². The van der Waals surface area contributed by atoms with E-state index in [1.807, 2.05) is 23.1 Å². The molecule has 110 valence electrons. The summed E-state index contributed by atoms with van der Waals surface area (Å²) in [6, 6.07) is 12.2. The molecule has 0 bridgehead atoms. The predicted octanol–water partition coefficient (Wildman–Crippen LogP) is 3.57. The topological polar surface area (TPSA) is 29.5 Å². The fourth-order valence-electron chi connectivity index (χ4n) is 2.45. The third-order valence-electron chi connectivity index (χ3n) is 3.53. The molecule has 2 aromatic rings. The highest BCUT2D eigenvalue weighted by molar-refractivity contribution is 8.00. The number of methoxy groups -OCH3 is 1. The molecule has 2 heterocycles. The summed E-state index contributed by atoms with van der Waals surface area (Å²) in [7, 11) is 1.67. The third-order valence-corrected chi connectivity index (χ3v) is 5.72. The number of ether oxygens (including phenoxy) is 1. The predicted molar refractivity (Wildman–Crippen MR) is 87.9 cm³/mol. The lowest BCUT2D eigenvalue weighted by Crippen LogP contribution is -2.30. The number of thiophene rings is 1. The summed E-state index contributed by atoms with van der Waals surface area (Å²) in [6.45, 7) is 0.772. The van der Waals surface area contributed by atoms with Crippen molar-refractivity contribution in [3.8, 4) is 5.75 Å². The minimum Gasteiger partial charge on any atom is -0.497 e. The summed E-state index contributed by atoms with van der Waals surface area (Å²) in [4.78, 5) is 15.5. The number of nitrogens with zero attached hydrogens (tertiary/aromatic N) is 1. The smallest absolute Gasteiger partial charge is 0.233 e. The number of amides is 1. The molecule has 3 nitrogen and oxygen atoms in total. The quantitative estimate of drug-likeness (QED) is 0.844. The molecule has 1 aliphatic heterocycles. The number of rotatable bonds is 5. The Morgan fingerprint density at radius 1 is 1.33 bits per heavy atom. The Kier molecular flexibility index (Phi) is 4.51. The summed E-state index contributed by atoms with van der Waals surface area (Å²) in [5.41, 5.74) is 1.14. The van der Waals surface area contributed by atoms with Crippen molar-refractivity contribution in [2.45, 2.75) is 11.8 Å². The Labute approximate surface area is 132 Å². The van der Waals surface area contributed by atoms with E-state index in [9.17, 15) is 4.79 Å². The zero-order chi connectivity index (χ0) is 14.7. The van der Waals surface area contributed by atoms with E-state index < -0.39 is 0 Å². The first-order chi connectivity index (χ1) is 10.3. The molecule has 1 aromatic carbocycles. The average molecular weight is 319 g/mol. The van der Waals surface area contributed by atoms with Gasteiger partial charge in [0.05, 0.1) is 12.9 Å². The van der Waals surface area contributed by atoms with Gasteiger partial charge in [-0.25, -0.2) is 0 Å². The molecule has 0 saturated carbocycles. The van der Waals surface area contributed by atoms with Crippen LogP contribution in [0.15, 0.2) is 41.8 Å². The van der Waals surface area contributed by atoms with Gasteiger partial charge in [-0.05, 0) is 35.6 Å². The molecule has 0 spiro atoms. The second kappa shape index (κ2) is 6.54. The van der Waals surface area contributed by atoms with E-state index >= 15 is 0 Å². The zero-order valence-electron chi connectivity index (χ0n) is 11.8. The van der Waals surface area contributed by atoms with E-state index in [-0.39, 0.29) is 11.3 Å². The van der Waals surface area contributed by atoms with E-state index in [2.05, 4.69) is 23.6 Å². The van der Waals surface area contributed by atoms with E-state index in [1.165, 1.54) is 4.88 Å². The molecular formula is C16H17NO2S2. The average Bonchev–Trinajstić information content (AvgIpc) is 3.15. The van der Waals surface area contributed by atoms with Crippen molar-refractivity contribution >= 4 is 29.0 Å². The van der Waals surface area contributed by atoms with Gasteiger partial charge in [-0.1, -0.05) is 18.2 Å². The van der Waals surface area contributed by atoms with Gasteiger partial charge in [0.2, 0.25) is 5.91 Å². The van der Waals surface area contributed by atoms with E-state index in [4.69, 9.17) is 4.74 Å². The van der Waals surface area contributed by atoms with Crippen molar-refractivity contribution in [1.29, 1.82) is 0 Å². The molecule has 0 aliphatic carbocycles. The van der Waals surface area contributed by atoms with Crippen molar-refractivity contribution < 1.29 is 9.53 Å². The number of thioether (sulfide) groups is 1. The standard InChI is InChI=1S/C16H17NO2S2/c1-19-13-5-2-4-12(10-13)16-17(15(18)11-21-16)8-7-14-6-3-9-20-14/h2-6,9-10,16H,7-8,11H2,1H3. The van der Waals surface area contributed by atoms with Crippen LogP contribution >= 0.6 is 23.1 Å². The van der Waals surface area contributed by atoms with Crippen LogP contribution in [-0.4, -0.2) is 30.2 Å². The molecule has 1 fully saturated rings. The van der Waals surface area contributed by atoms with E-state index in [0.717, 1.165) is 24.3 Å². The fourth-order valence-corrected chi connectivity index (χ4v) is 4.36. The van der Waals surface area contributed by atoms with Crippen LogP contribution in [0.4, 0.5) is 0 Å². The van der Waals surface area contributed by atoms with Crippen LogP contribution in [0.5, 0.6) is 5.75 Å². The van der Waals surface area contributed by atoms with Crippen LogP contribution in [0.2, 0.25) is 0 Å². The van der Waals surface area contributed by atoms with E-state index in [0.29, 0.717) is 5.75 Å². The van der Waals surface area contributed by atoms with Crippen LogP contribution in [0.1, 0.15) is 15.8 Å². The number of hydrogen-bond donors (Lipinski definition) is 0. The summed E-state index contributed by atoms with van der Waals surface area (Å²) in [5.74, 6) is 1.63. The minimum absolute atomic E-state index is 0.104. The summed E-state index contributed by atoms with van der Waals surface area (Å²) in [5, 5.41) is 2.18. The molecule has 1 saturated heterocycles. The minimum atomic E-state index is 0.104. The molecule has 5 heteroatoms. The van der Waals surface area contributed by atoms with Gasteiger partial charge >= 0.3 is 0 Å². The maximum atomic E-state index is 12.1. The van der Waals surface area contributed by atoms with Crippen molar-refractivity contribution in [3.63, 3.8) is 0 Å². The van der Waals surface area contributed by atoms with Gasteiger partial charge in [-0.2, -0.15) is 0 Å². The molecule has 3 rings (SSSR count). The molecule has 0 radical (unpaired) electrons. The lowest BCUT2D eigenvalue weighted by atomic mass is 10.2. The molecule has 0 N–H and O–H groups in total. The largest absolute Gasteiger partial charge is 0.497 e. The SMILES string of the molecule is COc1cccc(C2SCC(=O)N2CCc2cccs2)c1. The van der Waals surface area contributed by atoms with Crippen LogP contribution in [0.3, 0.4) is 0 Å². The monoisotopic (exact) mass is 319 g/mol. The van der Waals surface area contributed by atoms with Gasteiger partial charge in [0.15, 0.2) is 0 Å². The first kappa shape index (κ1) is 14.5. The highest BCUT2D eigenvalue weighted by Crippen LogP contribution is 2.39. The Balaban J connectivity index is 1.75. The van der Waals surface area contributed by atoms with Gasteiger partial charge < -0.3 is 9.64 Å². The fraction of sp³-hybridized carbons (Fsp3) is 0.312. The van der Waals surface area contributed by atoms with Gasteiger partial charge in [-0.15, -0.1) is 23.1 Å². The number of benzene rings is 1.